The van der Waals surface area contributed by atoms with Crippen molar-refractivity contribution in [3.63, 3.8) is 0 Å². The molecule has 26 heavy (non-hydrogen) atoms. The summed E-state index contributed by atoms with van der Waals surface area (Å²) < 4.78 is 5.50. The van der Waals surface area contributed by atoms with E-state index >= 15 is 0 Å². The molecule has 0 aliphatic carbocycles. The van der Waals surface area contributed by atoms with Gasteiger partial charge in [0.2, 0.25) is 0 Å². The number of rotatable bonds is 9. The summed E-state index contributed by atoms with van der Waals surface area (Å²) in [4.78, 5) is 2.13. The predicted molar refractivity (Wildman–Crippen MR) is 110 cm³/mol. The highest BCUT2D eigenvalue weighted by molar-refractivity contribution is 5.83. The SMILES string of the molecule is CO[C@@H](C)/C(Nc1ccccc1)=C(/C=N)Nc1ccc(CN(C)C)cc1. The molecule has 3 N–H and O–H groups in total. The molecular formula is C21H28N4O. The minimum atomic E-state index is -0.188. The number of nitrogens with one attached hydrogen (secondary N) is 3. The summed E-state index contributed by atoms with van der Waals surface area (Å²) in [5.41, 5.74) is 4.61. The fourth-order valence-electron chi connectivity index (χ4n) is 2.58. The zero-order chi connectivity index (χ0) is 18.9. The second-order valence-electron chi connectivity index (χ2n) is 6.40. The number of allylic oxidation sites excluding steroid dienone is 1. The molecule has 0 aliphatic rings. The molecule has 138 valence electrons. The van der Waals surface area contributed by atoms with Crippen molar-refractivity contribution >= 4 is 17.6 Å². The summed E-state index contributed by atoms with van der Waals surface area (Å²) >= 11 is 0. The van der Waals surface area contributed by atoms with Crippen molar-refractivity contribution in [3.05, 3.63) is 71.6 Å². The van der Waals surface area contributed by atoms with Gasteiger partial charge in [0.25, 0.3) is 0 Å². The van der Waals surface area contributed by atoms with Gasteiger partial charge in [-0.15, -0.1) is 0 Å². The Balaban J connectivity index is 2.25. The van der Waals surface area contributed by atoms with E-state index in [1.807, 2.05) is 49.4 Å². The molecule has 0 amide bonds. The molecule has 0 saturated carbocycles. The molecule has 0 unspecified atom stereocenters. The Morgan fingerprint density at radius 3 is 2.19 bits per heavy atom. The first-order chi connectivity index (χ1) is 12.5. The maximum atomic E-state index is 7.86. The van der Waals surface area contributed by atoms with Crippen LogP contribution in [0, 0.1) is 5.41 Å². The number of hydrogen-bond acceptors (Lipinski definition) is 5. The first kappa shape index (κ1) is 19.7. The Hall–Kier alpha value is -2.63. The van der Waals surface area contributed by atoms with Gasteiger partial charge < -0.3 is 25.7 Å². The first-order valence-electron chi connectivity index (χ1n) is 8.63. The van der Waals surface area contributed by atoms with Crippen LogP contribution in [0.3, 0.4) is 0 Å². The average Bonchev–Trinajstić information content (AvgIpc) is 2.65. The second-order valence-corrected chi connectivity index (χ2v) is 6.40. The molecule has 0 aromatic heterocycles. The Labute approximate surface area is 156 Å². The van der Waals surface area contributed by atoms with E-state index in [4.69, 9.17) is 10.1 Å². The van der Waals surface area contributed by atoms with Crippen LogP contribution in [0.1, 0.15) is 12.5 Å². The van der Waals surface area contributed by atoms with E-state index < -0.39 is 0 Å². The third-order valence-electron chi connectivity index (χ3n) is 3.98. The lowest BCUT2D eigenvalue weighted by molar-refractivity contribution is 0.147. The molecule has 0 radical (unpaired) electrons. The smallest absolute Gasteiger partial charge is 0.0962 e. The maximum Gasteiger partial charge on any atom is 0.0962 e. The van der Waals surface area contributed by atoms with Gasteiger partial charge in [0.15, 0.2) is 0 Å². The van der Waals surface area contributed by atoms with Crippen molar-refractivity contribution < 1.29 is 4.74 Å². The van der Waals surface area contributed by atoms with Crippen LogP contribution >= 0.6 is 0 Å². The molecule has 0 saturated heterocycles. The number of para-hydroxylation sites is 1. The molecule has 0 bridgehead atoms. The van der Waals surface area contributed by atoms with Crippen molar-refractivity contribution in [2.45, 2.75) is 19.6 Å². The Morgan fingerprint density at radius 1 is 1.04 bits per heavy atom. The number of benzene rings is 2. The molecule has 2 aromatic rings. The van der Waals surface area contributed by atoms with Gasteiger partial charge in [0.1, 0.15) is 0 Å². The topological polar surface area (TPSA) is 60.4 Å². The van der Waals surface area contributed by atoms with Gasteiger partial charge >= 0.3 is 0 Å². The lowest BCUT2D eigenvalue weighted by Gasteiger charge is -2.21. The molecule has 0 heterocycles. The molecule has 2 rings (SSSR count). The van der Waals surface area contributed by atoms with Crippen LogP contribution < -0.4 is 10.6 Å². The van der Waals surface area contributed by atoms with Crippen molar-refractivity contribution in [2.24, 2.45) is 0 Å². The van der Waals surface area contributed by atoms with E-state index in [0.717, 1.165) is 23.6 Å². The normalized spacial score (nSPS) is 13.1. The summed E-state index contributed by atoms with van der Waals surface area (Å²) in [7, 11) is 5.76. The number of ether oxygens (including phenoxy) is 1. The fourth-order valence-corrected chi connectivity index (χ4v) is 2.58. The maximum absolute atomic E-state index is 7.86. The number of anilines is 2. The molecule has 5 nitrogen and oxygen atoms in total. The van der Waals surface area contributed by atoms with Crippen LogP contribution in [0.5, 0.6) is 0 Å². The lowest BCUT2D eigenvalue weighted by atomic mass is 10.1. The van der Waals surface area contributed by atoms with Crippen molar-refractivity contribution in [3.8, 4) is 0 Å². The van der Waals surface area contributed by atoms with Crippen LogP contribution in [-0.2, 0) is 11.3 Å². The monoisotopic (exact) mass is 352 g/mol. The van der Waals surface area contributed by atoms with E-state index in [-0.39, 0.29) is 6.10 Å². The third-order valence-corrected chi connectivity index (χ3v) is 3.98. The molecule has 5 heteroatoms. The molecular weight excluding hydrogens is 324 g/mol. The molecule has 2 aromatic carbocycles. The third kappa shape index (κ3) is 5.72. The Bertz CT molecular complexity index is 723. The molecule has 0 aliphatic heterocycles. The highest BCUT2D eigenvalue weighted by atomic mass is 16.5. The Morgan fingerprint density at radius 2 is 1.65 bits per heavy atom. The van der Waals surface area contributed by atoms with E-state index in [2.05, 4.69) is 41.8 Å². The van der Waals surface area contributed by atoms with Crippen molar-refractivity contribution in [1.29, 1.82) is 5.41 Å². The summed E-state index contributed by atoms with van der Waals surface area (Å²) in [6.07, 6.45) is 1.13. The van der Waals surface area contributed by atoms with Gasteiger partial charge in [-0.05, 0) is 50.8 Å². The van der Waals surface area contributed by atoms with Gasteiger partial charge in [-0.25, -0.2) is 0 Å². The zero-order valence-corrected chi connectivity index (χ0v) is 15.9. The molecule has 0 spiro atoms. The first-order valence-corrected chi connectivity index (χ1v) is 8.63. The number of methoxy groups -OCH3 is 1. The Kier molecular flexibility index (Phi) is 7.38. The quantitative estimate of drug-likeness (QED) is 0.593. The lowest BCUT2D eigenvalue weighted by Crippen LogP contribution is -2.22. The van der Waals surface area contributed by atoms with Gasteiger partial charge in [0.05, 0.1) is 17.5 Å². The fraction of sp³-hybridized carbons (Fsp3) is 0.286. The largest absolute Gasteiger partial charge is 0.375 e. The molecule has 0 fully saturated rings. The highest BCUT2D eigenvalue weighted by Gasteiger charge is 2.14. The standard InChI is InChI=1S/C21H28N4O/c1-16(26-4)21(24-18-8-6-5-7-9-18)20(14-22)23-19-12-10-17(11-13-19)15-25(2)3/h5-14,16,22-24H,15H2,1-4H3/b21-20+,22-14?/t16-/m0/s1. The van der Waals surface area contributed by atoms with Crippen LogP contribution in [-0.4, -0.2) is 38.4 Å². The minimum Gasteiger partial charge on any atom is -0.375 e. The van der Waals surface area contributed by atoms with Crippen molar-refractivity contribution in [2.75, 3.05) is 31.8 Å². The van der Waals surface area contributed by atoms with E-state index in [1.165, 1.54) is 11.8 Å². The summed E-state index contributed by atoms with van der Waals surface area (Å²) in [6, 6.07) is 18.1. The summed E-state index contributed by atoms with van der Waals surface area (Å²) in [5.74, 6) is 0. The van der Waals surface area contributed by atoms with E-state index in [0.29, 0.717) is 5.70 Å². The minimum absolute atomic E-state index is 0.188. The summed E-state index contributed by atoms with van der Waals surface area (Å²) in [6.45, 7) is 2.85. The van der Waals surface area contributed by atoms with Gasteiger partial charge in [0, 0.05) is 31.2 Å². The van der Waals surface area contributed by atoms with Crippen LogP contribution in [0.2, 0.25) is 0 Å². The predicted octanol–water partition coefficient (Wildman–Crippen LogP) is 4.17. The van der Waals surface area contributed by atoms with Crippen molar-refractivity contribution in [1.82, 2.24) is 4.90 Å². The average molecular weight is 352 g/mol. The second kappa shape index (κ2) is 9.75. The van der Waals surface area contributed by atoms with E-state index in [9.17, 15) is 0 Å². The van der Waals surface area contributed by atoms with Gasteiger partial charge in [-0.1, -0.05) is 30.3 Å². The van der Waals surface area contributed by atoms with Crippen LogP contribution in [0.4, 0.5) is 11.4 Å². The van der Waals surface area contributed by atoms with Gasteiger partial charge in [-0.3, -0.25) is 0 Å². The van der Waals surface area contributed by atoms with Gasteiger partial charge in [-0.2, -0.15) is 0 Å². The van der Waals surface area contributed by atoms with E-state index in [1.54, 1.807) is 7.11 Å². The number of hydrogen-bond donors (Lipinski definition) is 3. The van der Waals surface area contributed by atoms with Crippen LogP contribution in [0.15, 0.2) is 66.0 Å². The number of nitrogens with zero attached hydrogens (tertiary/aromatic N) is 1. The molecule has 1 atom stereocenters. The summed E-state index contributed by atoms with van der Waals surface area (Å²) in [5, 5.41) is 14.6. The highest BCUT2D eigenvalue weighted by Crippen LogP contribution is 2.19. The zero-order valence-electron chi connectivity index (χ0n) is 15.9. The van der Waals surface area contributed by atoms with Crippen LogP contribution in [0.25, 0.3) is 0 Å².